The Morgan fingerprint density at radius 2 is 1.77 bits per heavy atom. The van der Waals surface area contributed by atoms with Crippen molar-refractivity contribution < 1.29 is 58.1 Å². The molecule has 11 atom stereocenters. The molecule has 356 valence electrons. The van der Waals surface area contributed by atoms with Gasteiger partial charge in [0.05, 0.1) is 42.2 Å². The van der Waals surface area contributed by atoms with Gasteiger partial charge in [-0.05, 0) is 99.1 Å². The van der Waals surface area contributed by atoms with E-state index in [9.17, 15) is 25.4 Å². The topological polar surface area (TPSA) is 221 Å². The highest BCUT2D eigenvalue weighted by Crippen LogP contribution is 2.69. The zero-order valence-electron chi connectivity index (χ0n) is 39.9. The van der Waals surface area contributed by atoms with Gasteiger partial charge in [0.15, 0.2) is 22.8 Å². The molecule has 9 rings (SSSR count). The number of nitrogens with two attached hydrogens (primary N) is 1. The van der Waals surface area contributed by atoms with Crippen molar-refractivity contribution in [2.24, 2.45) is 29.4 Å². The molecule has 15 nitrogen and oxygen atoms in total. The predicted molar refractivity (Wildman–Crippen MR) is 243 cm³/mol. The molecule has 2 saturated heterocycles. The van der Waals surface area contributed by atoms with E-state index in [1.165, 1.54) is 18.8 Å². The highest BCUT2D eigenvalue weighted by atomic mass is 16.8. The standard InChI is InChI=1S/C51H65N3O12/c1-24(2)13-12-18-49(10)19-17-29-40(65-49)28(15-14-25(3)4)42-35(41(29)63-47-39(56)38(55)43-33(62-47)23-61-48(8,9)64-43)37-36-34(31(22-52)45(53)54-37)30-21-32(26(5)6)51(36,66-42)50(59,44(30)57)20-16-27(7)46(58)60-11/h13-14,16-17,19,26,30,32-34,38-39,43,47,54-56,59H,12,15,18,20-21,23,53H2,1-11H3/b27-16-/t30?,32?,33-,34?,38-,39-,43-,47+,49?,50?,51?/m1/s1. The predicted octanol–water partition coefficient (Wildman–Crippen LogP) is 5.95. The minimum absolute atomic E-state index is 0.0233. The van der Waals surface area contributed by atoms with Gasteiger partial charge in [-0.25, -0.2) is 4.79 Å². The fourth-order valence-corrected chi connectivity index (χ4v) is 11.2. The first kappa shape index (κ1) is 47.5. The van der Waals surface area contributed by atoms with Gasteiger partial charge >= 0.3 is 5.97 Å². The van der Waals surface area contributed by atoms with Crippen LogP contribution in [0.4, 0.5) is 0 Å². The molecule has 1 aromatic carbocycles. The van der Waals surface area contributed by atoms with Crippen molar-refractivity contribution in [3.63, 3.8) is 0 Å². The second-order valence-corrected chi connectivity index (χ2v) is 20.4. The van der Waals surface area contributed by atoms with Gasteiger partial charge in [0.25, 0.3) is 0 Å². The maximum atomic E-state index is 15.2. The van der Waals surface area contributed by atoms with Crippen molar-refractivity contribution in [1.29, 1.82) is 5.26 Å². The molecular formula is C51H65N3O12. The van der Waals surface area contributed by atoms with Crippen molar-refractivity contribution in [2.45, 2.75) is 155 Å². The highest BCUT2D eigenvalue weighted by Gasteiger charge is 2.76. The maximum Gasteiger partial charge on any atom is 0.333 e. The van der Waals surface area contributed by atoms with E-state index in [1.54, 1.807) is 20.8 Å². The Balaban J connectivity index is 1.43. The highest BCUT2D eigenvalue weighted by molar-refractivity contribution is 6.01. The zero-order valence-corrected chi connectivity index (χ0v) is 39.9. The SMILES string of the molecule is COC(=O)/C(C)=C\CC1(O)C(=O)C2CC(C(C)C)C13Oc1c(CC=C(C)C)c4c(c(O[C@@H]5O[C@@H]6COC(C)(C)O[C@H]6[C@H](O)[C@H]5O)c1C1=C3C2C(C#N)=C(N)N1)C=CC(C)(CCC=C(C)C)O4. The Morgan fingerprint density at radius 3 is 2.42 bits per heavy atom. The molecule has 6 N–H and O–H groups in total. The molecule has 2 bridgehead atoms. The summed E-state index contributed by atoms with van der Waals surface area (Å²) >= 11 is 0. The summed E-state index contributed by atoms with van der Waals surface area (Å²) in [6, 6.07) is 2.28. The molecule has 3 aliphatic carbocycles. The summed E-state index contributed by atoms with van der Waals surface area (Å²) in [6.07, 6.45) is 4.88. The normalized spacial score (nSPS) is 34.7. The Kier molecular flexibility index (Phi) is 12.2. The van der Waals surface area contributed by atoms with Crippen molar-refractivity contribution in [2.75, 3.05) is 13.7 Å². The Morgan fingerprint density at radius 1 is 1.06 bits per heavy atom. The number of Topliss-reactive ketones (excluding diaryl/α,β-unsaturated/α-hetero) is 1. The van der Waals surface area contributed by atoms with E-state index < -0.39 is 82.8 Å². The van der Waals surface area contributed by atoms with E-state index in [0.717, 1.165) is 12.0 Å². The second-order valence-electron chi connectivity index (χ2n) is 20.4. The third-order valence-corrected chi connectivity index (χ3v) is 14.5. The Labute approximate surface area is 386 Å². The number of carbonyl (C=O) groups is 2. The van der Waals surface area contributed by atoms with Crippen LogP contribution in [0.3, 0.4) is 0 Å². The number of ether oxygens (including phenoxy) is 7. The summed E-state index contributed by atoms with van der Waals surface area (Å²) in [4.78, 5) is 28.0. The summed E-state index contributed by atoms with van der Waals surface area (Å²) in [5, 5.41) is 51.1. The van der Waals surface area contributed by atoms with Gasteiger partial charge in [-0.15, -0.1) is 0 Å². The third-order valence-electron chi connectivity index (χ3n) is 14.5. The number of nitrogens with one attached hydrogen (secondary N) is 1. The van der Waals surface area contributed by atoms with Crippen LogP contribution in [0.25, 0.3) is 11.8 Å². The second kappa shape index (κ2) is 17.0. The lowest BCUT2D eigenvalue weighted by Gasteiger charge is -2.65. The smallest absolute Gasteiger partial charge is 0.333 e. The summed E-state index contributed by atoms with van der Waals surface area (Å²) in [7, 11) is 1.26. The third kappa shape index (κ3) is 7.48. The van der Waals surface area contributed by atoms with Gasteiger partial charge < -0.3 is 59.5 Å². The molecule has 15 heteroatoms. The van der Waals surface area contributed by atoms with Crippen LogP contribution in [-0.2, 0) is 35.0 Å². The lowest BCUT2D eigenvalue weighted by atomic mass is 9.43. The number of nitrogens with zero attached hydrogens (tertiary/aromatic N) is 1. The number of benzene rings is 1. The average molecular weight is 912 g/mol. The van der Waals surface area contributed by atoms with Crippen molar-refractivity contribution >= 4 is 23.5 Å². The van der Waals surface area contributed by atoms with E-state index >= 15 is 4.79 Å². The number of hydrogen-bond acceptors (Lipinski definition) is 15. The number of nitriles is 1. The lowest BCUT2D eigenvalue weighted by Crippen LogP contribution is -2.78. The number of aliphatic hydroxyl groups excluding tert-OH is 2. The van der Waals surface area contributed by atoms with Crippen LogP contribution < -0.4 is 25.3 Å². The van der Waals surface area contributed by atoms with Crippen molar-refractivity contribution in [3.05, 3.63) is 74.7 Å². The number of carbonyl (C=O) groups excluding carboxylic acids is 2. The largest absolute Gasteiger partial charge is 0.482 e. The van der Waals surface area contributed by atoms with Gasteiger partial charge in [-0.1, -0.05) is 43.2 Å². The maximum absolute atomic E-state index is 15.2. The number of allylic oxidation sites excluding steroid dienone is 5. The molecule has 3 saturated carbocycles. The molecule has 0 radical (unpaired) electrons. The van der Waals surface area contributed by atoms with E-state index in [2.05, 4.69) is 17.5 Å². The molecule has 5 aliphatic heterocycles. The number of dihydropyridines is 1. The van der Waals surface area contributed by atoms with E-state index in [4.69, 9.17) is 38.9 Å². The number of methoxy groups -OCH3 is 1. The van der Waals surface area contributed by atoms with Crippen LogP contribution >= 0.6 is 0 Å². The monoisotopic (exact) mass is 911 g/mol. The number of ketones is 1. The van der Waals surface area contributed by atoms with Gasteiger partial charge in [0.2, 0.25) is 6.29 Å². The summed E-state index contributed by atoms with van der Waals surface area (Å²) in [5.74, 6) is -3.87. The molecule has 1 aromatic rings. The molecule has 66 heavy (non-hydrogen) atoms. The molecule has 1 spiro atoms. The molecule has 6 unspecified atom stereocenters. The quantitative estimate of drug-likeness (QED) is 0.0983. The van der Waals surface area contributed by atoms with Crippen molar-refractivity contribution in [1.82, 2.24) is 5.32 Å². The van der Waals surface area contributed by atoms with Crippen LogP contribution in [0.1, 0.15) is 112 Å². The number of esters is 1. The van der Waals surface area contributed by atoms with E-state index in [1.807, 2.05) is 66.7 Å². The number of hydrogen-bond donors (Lipinski definition) is 5. The van der Waals surface area contributed by atoms with E-state index in [-0.39, 0.29) is 60.3 Å². The molecule has 0 amide bonds. The average Bonchev–Trinajstić information content (AvgIpc) is 3.25. The van der Waals surface area contributed by atoms with Crippen LogP contribution in [-0.4, -0.2) is 94.1 Å². The molecule has 5 heterocycles. The molecular weight excluding hydrogens is 847 g/mol. The molecule has 0 aromatic heterocycles. The molecule has 5 fully saturated rings. The van der Waals surface area contributed by atoms with Gasteiger partial charge in [0, 0.05) is 40.9 Å². The van der Waals surface area contributed by atoms with Crippen LogP contribution in [0.2, 0.25) is 0 Å². The van der Waals surface area contributed by atoms with Gasteiger partial charge in [0.1, 0.15) is 53.1 Å². The number of rotatable bonds is 11. The fraction of sp³-hybridized carbons (Fsp3) is 0.588. The van der Waals surface area contributed by atoms with Gasteiger partial charge in [-0.3, -0.25) is 4.79 Å². The number of aliphatic hydroxyl groups is 3. The minimum Gasteiger partial charge on any atom is -0.482 e. The Hall–Kier alpha value is -4.95. The summed E-state index contributed by atoms with van der Waals surface area (Å²) < 4.78 is 45.1. The number of fused-ring (bicyclic) bond motifs is 6. The molecule has 8 aliphatic rings. The Bertz CT molecular complexity index is 2450. The minimum atomic E-state index is -2.27. The van der Waals surface area contributed by atoms with Crippen LogP contribution in [0.5, 0.6) is 17.2 Å². The van der Waals surface area contributed by atoms with Gasteiger partial charge in [-0.2, -0.15) is 5.26 Å². The first-order chi connectivity index (χ1) is 31.0. The summed E-state index contributed by atoms with van der Waals surface area (Å²) in [5.41, 5.74) is 6.64. The van der Waals surface area contributed by atoms with Crippen LogP contribution in [0.15, 0.2) is 58.0 Å². The van der Waals surface area contributed by atoms with Crippen molar-refractivity contribution in [3.8, 4) is 23.3 Å². The van der Waals surface area contributed by atoms with E-state index in [0.29, 0.717) is 40.1 Å². The summed E-state index contributed by atoms with van der Waals surface area (Å²) in [6.45, 7) is 19.1. The first-order valence-corrected chi connectivity index (χ1v) is 23.0. The fourth-order valence-electron chi connectivity index (χ4n) is 11.2. The van der Waals surface area contributed by atoms with Crippen LogP contribution in [0, 0.1) is 35.0 Å². The zero-order chi connectivity index (χ0) is 48.0. The lowest BCUT2D eigenvalue weighted by molar-refractivity contribution is -0.373. The first-order valence-electron chi connectivity index (χ1n) is 23.0.